The van der Waals surface area contributed by atoms with E-state index in [4.69, 9.17) is 9.72 Å². The highest BCUT2D eigenvalue weighted by Gasteiger charge is 2.50. The van der Waals surface area contributed by atoms with Gasteiger partial charge in [0.25, 0.3) is 0 Å². The standard InChI is InChI=1S/C55H64F3N9O6/c1-5-36-40(56)9-7-33-25-35(68)27-37(44(33)36)46-45(57)47-38(28-59-46)48(66-18-6-13-53(4,72)29-66)62-51(61-47)73-32-54(14-15-54)30-63-19-16-55(58,17-20-63)31-64-21-23-65(24-22-64)34-8-10-41-39(26-34)52(2,3)50(71)67(41)42-11-12-43(69)60-49(42)70/h7-10,25-28,42,68,72H,5-6,11-24,29-32H2,1-4H3,(H,60,69,70)/t42?,53-/m1/s1. The van der Waals surface area contributed by atoms with Crippen molar-refractivity contribution in [1.29, 1.82) is 0 Å². The van der Waals surface area contributed by atoms with E-state index in [2.05, 4.69) is 30.0 Å². The number of amides is 3. The Morgan fingerprint density at radius 2 is 1.62 bits per heavy atom. The number of halogens is 3. The summed E-state index contributed by atoms with van der Waals surface area (Å²) in [5.74, 6) is -1.84. The molecule has 2 aromatic heterocycles. The van der Waals surface area contributed by atoms with Gasteiger partial charge in [0.1, 0.15) is 40.3 Å². The lowest BCUT2D eigenvalue weighted by molar-refractivity contribution is -0.136. The smallest absolute Gasteiger partial charge is 0.319 e. The molecule has 1 unspecified atom stereocenters. The Hall–Kier alpha value is -6.11. The van der Waals surface area contributed by atoms with E-state index >= 15 is 13.2 Å². The zero-order valence-electron chi connectivity index (χ0n) is 42.1. The van der Waals surface area contributed by atoms with E-state index in [1.807, 2.05) is 43.9 Å². The lowest BCUT2D eigenvalue weighted by Gasteiger charge is -2.43. The third-order valence-corrected chi connectivity index (χ3v) is 16.6. The average Bonchev–Trinajstić information content (AvgIpc) is 4.10. The van der Waals surface area contributed by atoms with Gasteiger partial charge in [-0.2, -0.15) is 9.97 Å². The number of anilines is 3. The Balaban J connectivity index is 0.740. The molecule has 0 bridgehead atoms. The number of ether oxygens (including phenoxy) is 1. The number of hydrogen-bond donors (Lipinski definition) is 3. The number of β-amino-alcohol motifs (C(OH)–C–C–N with tert-alkyl or cyclic N) is 1. The Bertz CT molecular complexity index is 3040. The van der Waals surface area contributed by atoms with Gasteiger partial charge >= 0.3 is 6.01 Å². The molecule has 3 N–H and O–H groups in total. The predicted molar refractivity (Wildman–Crippen MR) is 272 cm³/mol. The van der Waals surface area contributed by atoms with Gasteiger partial charge in [-0.3, -0.25) is 34.5 Å². The van der Waals surface area contributed by atoms with Crippen LogP contribution in [0.1, 0.15) is 90.2 Å². The lowest BCUT2D eigenvalue weighted by Crippen LogP contribution is -2.55. The van der Waals surface area contributed by atoms with Crippen molar-refractivity contribution < 1.29 is 42.5 Å². The minimum absolute atomic E-state index is 0.0100. The van der Waals surface area contributed by atoms with Crippen LogP contribution in [0.15, 0.2) is 48.7 Å². The van der Waals surface area contributed by atoms with Gasteiger partial charge in [0, 0.05) is 100 Å². The van der Waals surface area contributed by atoms with Crippen LogP contribution in [0.25, 0.3) is 32.9 Å². The minimum Gasteiger partial charge on any atom is -0.508 e. The third kappa shape index (κ3) is 9.21. The zero-order valence-corrected chi connectivity index (χ0v) is 42.1. The van der Waals surface area contributed by atoms with Crippen molar-refractivity contribution in [3.8, 4) is 23.0 Å². The number of nitrogens with zero attached hydrogens (tertiary/aromatic N) is 8. The van der Waals surface area contributed by atoms with E-state index in [1.165, 1.54) is 24.4 Å². The minimum atomic E-state index is -1.33. The number of aromatic hydroxyl groups is 1. The maximum absolute atomic E-state index is 17.2. The molecule has 5 fully saturated rings. The fourth-order valence-corrected chi connectivity index (χ4v) is 12.2. The number of aromatic nitrogens is 3. The molecule has 73 heavy (non-hydrogen) atoms. The molecular weight excluding hydrogens is 940 g/mol. The first-order valence-corrected chi connectivity index (χ1v) is 25.9. The summed E-state index contributed by atoms with van der Waals surface area (Å²) in [6, 6.07) is 11.0. The Labute approximate surface area is 422 Å². The zero-order chi connectivity index (χ0) is 51.2. The van der Waals surface area contributed by atoms with Gasteiger partial charge in [-0.15, -0.1) is 0 Å². The molecule has 1 saturated carbocycles. The molecule has 7 heterocycles. The van der Waals surface area contributed by atoms with E-state index in [9.17, 15) is 24.6 Å². The van der Waals surface area contributed by atoms with Gasteiger partial charge in [0.2, 0.25) is 17.7 Å². The number of carbonyl (C=O) groups is 3. The summed E-state index contributed by atoms with van der Waals surface area (Å²) in [6.45, 7) is 13.5. The van der Waals surface area contributed by atoms with Crippen LogP contribution < -0.4 is 24.8 Å². The number of piperidine rings is 3. The number of benzene rings is 3. The quantitative estimate of drug-likeness (QED) is 0.110. The fraction of sp³-hybridized carbons (Fsp3) is 0.527. The number of carbonyl (C=O) groups excluding carboxylic acids is 3. The summed E-state index contributed by atoms with van der Waals surface area (Å²) in [4.78, 5) is 62.7. The van der Waals surface area contributed by atoms with Crippen molar-refractivity contribution in [2.75, 3.05) is 86.8 Å². The molecule has 5 aliphatic heterocycles. The molecule has 386 valence electrons. The number of aliphatic hydroxyl groups is 1. The van der Waals surface area contributed by atoms with Crippen LogP contribution in [0.5, 0.6) is 11.8 Å². The highest BCUT2D eigenvalue weighted by Crippen LogP contribution is 2.49. The topological polar surface area (TPSA) is 168 Å². The Morgan fingerprint density at radius 1 is 0.863 bits per heavy atom. The molecule has 1 aliphatic carbocycles. The molecule has 3 aromatic carbocycles. The maximum atomic E-state index is 17.2. The fourth-order valence-electron chi connectivity index (χ4n) is 12.2. The van der Waals surface area contributed by atoms with Gasteiger partial charge in [-0.1, -0.05) is 13.0 Å². The summed E-state index contributed by atoms with van der Waals surface area (Å²) in [5, 5.41) is 25.6. The van der Waals surface area contributed by atoms with E-state index in [0.717, 1.165) is 30.6 Å². The van der Waals surface area contributed by atoms with Gasteiger partial charge in [-0.05, 0) is 130 Å². The number of imide groups is 1. The Morgan fingerprint density at radius 3 is 2.33 bits per heavy atom. The van der Waals surface area contributed by atoms with Gasteiger partial charge < -0.3 is 29.6 Å². The molecule has 5 aromatic rings. The summed E-state index contributed by atoms with van der Waals surface area (Å²) >= 11 is 0. The van der Waals surface area contributed by atoms with Crippen molar-refractivity contribution >= 4 is 56.6 Å². The number of phenolic OH excluding ortho intramolecular Hbond substituents is 1. The molecule has 11 rings (SSSR count). The van der Waals surface area contributed by atoms with E-state index in [1.54, 1.807) is 17.9 Å². The molecule has 3 amide bonds. The number of nitrogens with one attached hydrogen (secondary N) is 1. The van der Waals surface area contributed by atoms with Crippen molar-refractivity contribution in [1.82, 2.24) is 30.1 Å². The van der Waals surface area contributed by atoms with Crippen molar-refractivity contribution in [3.63, 3.8) is 0 Å². The number of hydrogen-bond acceptors (Lipinski definition) is 13. The maximum Gasteiger partial charge on any atom is 0.319 e. The summed E-state index contributed by atoms with van der Waals surface area (Å²) in [5.41, 5.74) is -0.334. The second-order valence-corrected chi connectivity index (χ2v) is 22.5. The van der Waals surface area contributed by atoms with Crippen LogP contribution in [0.4, 0.5) is 30.4 Å². The molecule has 2 atom stereocenters. The van der Waals surface area contributed by atoms with Crippen molar-refractivity contribution in [2.24, 2.45) is 5.41 Å². The van der Waals surface area contributed by atoms with E-state index in [-0.39, 0.29) is 71.8 Å². The normalized spacial score (nSPS) is 24.1. The van der Waals surface area contributed by atoms with E-state index < -0.39 is 40.3 Å². The molecule has 15 nitrogen and oxygen atoms in total. The molecule has 4 saturated heterocycles. The monoisotopic (exact) mass is 1000 g/mol. The first-order valence-electron chi connectivity index (χ1n) is 25.9. The number of rotatable bonds is 12. The first-order chi connectivity index (χ1) is 34.8. The number of fused-ring (bicyclic) bond motifs is 3. The average molecular weight is 1000 g/mol. The number of piperazine rings is 1. The van der Waals surface area contributed by atoms with Crippen LogP contribution in [0.2, 0.25) is 0 Å². The molecule has 0 radical (unpaired) electrons. The van der Waals surface area contributed by atoms with Gasteiger partial charge in [0.05, 0.1) is 23.0 Å². The van der Waals surface area contributed by atoms with Gasteiger partial charge in [-0.25, -0.2) is 13.2 Å². The number of likely N-dealkylation sites (tertiary alicyclic amines) is 1. The highest BCUT2D eigenvalue weighted by molar-refractivity contribution is 6.14. The summed E-state index contributed by atoms with van der Waals surface area (Å²) in [6.07, 6.45) is 6.24. The molecular formula is C55H64F3N9O6. The van der Waals surface area contributed by atoms with Crippen LogP contribution in [-0.4, -0.2) is 142 Å². The van der Waals surface area contributed by atoms with Crippen LogP contribution in [0, 0.1) is 17.0 Å². The highest BCUT2D eigenvalue weighted by atomic mass is 19.1. The second-order valence-electron chi connectivity index (χ2n) is 22.5. The molecule has 0 spiro atoms. The number of aryl methyl sites for hydroxylation is 1. The van der Waals surface area contributed by atoms with Gasteiger partial charge in [0.15, 0.2) is 5.82 Å². The third-order valence-electron chi connectivity index (χ3n) is 16.6. The van der Waals surface area contributed by atoms with E-state index in [0.29, 0.717) is 118 Å². The summed E-state index contributed by atoms with van der Waals surface area (Å²) in [7, 11) is 0. The van der Waals surface area contributed by atoms with Crippen molar-refractivity contribution in [3.05, 3.63) is 71.4 Å². The number of alkyl halides is 1. The largest absolute Gasteiger partial charge is 0.508 e. The van der Waals surface area contributed by atoms with Crippen LogP contribution in [-0.2, 0) is 26.2 Å². The van der Waals surface area contributed by atoms with Crippen LogP contribution >= 0.6 is 0 Å². The number of phenols is 1. The van der Waals surface area contributed by atoms with Crippen LogP contribution in [0.3, 0.4) is 0 Å². The summed E-state index contributed by atoms with van der Waals surface area (Å²) < 4.78 is 55.4. The SMILES string of the molecule is CCc1c(F)ccc2cc(O)cc(-c3ncc4c(N5CCC[C@@](C)(O)C5)nc(OCC5(CN6CCC(F)(CN7CCN(c8ccc9c(c8)C(C)(C)C(=O)N9C8CCC(=O)NC8=O)CC7)CC6)CC5)nc4c3F)c12. The molecule has 18 heteroatoms. The Kier molecular flexibility index (Phi) is 12.4. The second kappa shape index (κ2) is 18.4. The predicted octanol–water partition coefficient (Wildman–Crippen LogP) is 6.96. The lowest BCUT2D eigenvalue weighted by atomic mass is 9.86. The van der Waals surface area contributed by atoms with Crippen molar-refractivity contribution in [2.45, 2.75) is 108 Å². The number of pyridine rings is 1. The molecule has 6 aliphatic rings. The first kappa shape index (κ1) is 49.1.